The molecule has 0 radical (unpaired) electrons. The van der Waals surface area contributed by atoms with Gasteiger partial charge in [0.2, 0.25) is 0 Å². The van der Waals surface area contributed by atoms with E-state index in [1.54, 1.807) is 0 Å². The van der Waals surface area contributed by atoms with E-state index in [9.17, 15) is 0 Å². The van der Waals surface area contributed by atoms with Crippen molar-refractivity contribution in [1.29, 1.82) is 0 Å². The number of hydrogen-bond donors (Lipinski definition) is 1. The normalized spacial score (nSPS) is 14.8. The van der Waals surface area contributed by atoms with Gasteiger partial charge in [-0.2, -0.15) is 0 Å². The molecule has 0 aliphatic heterocycles. The molecule has 0 spiro atoms. The zero-order valence-electron chi connectivity index (χ0n) is 11.4. The van der Waals surface area contributed by atoms with E-state index in [4.69, 9.17) is 0 Å². The Morgan fingerprint density at radius 2 is 2.17 bits per heavy atom. The molecule has 0 unspecified atom stereocenters. The zero-order valence-corrected chi connectivity index (χ0v) is 13.0. The van der Waals surface area contributed by atoms with Gasteiger partial charge in [-0.25, -0.2) is 0 Å². The molecule has 0 saturated heterocycles. The molecule has 100 valence electrons. The number of anilines is 1. The van der Waals surface area contributed by atoms with Crippen LogP contribution in [0, 0.1) is 5.92 Å². The van der Waals surface area contributed by atoms with Crippen molar-refractivity contribution in [2.24, 2.45) is 5.92 Å². The van der Waals surface area contributed by atoms with Crippen LogP contribution in [0.3, 0.4) is 0 Å². The van der Waals surface area contributed by atoms with Gasteiger partial charge in [0.1, 0.15) is 0 Å². The molecule has 1 aliphatic rings. The van der Waals surface area contributed by atoms with E-state index >= 15 is 0 Å². The molecule has 1 N–H and O–H groups in total. The minimum Gasteiger partial charge on any atom is -0.371 e. The Kier molecular flexibility index (Phi) is 5.07. The van der Waals surface area contributed by atoms with E-state index < -0.39 is 0 Å². The summed E-state index contributed by atoms with van der Waals surface area (Å²) in [5, 5.41) is 3.27. The Labute approximate surface area is 119 Å². The van der Waals surface area contributed by atoms with Crippen LogP contribution in [0.1, 0.15) is 31.7 Å². The maximum atomic E-state index is 3.57. The summed E-state index contributed by atoms with van der Waals surface area (Å²) in [6, 6.07) is 6.65. The average Bonchev–Trinajstić information content (AvgIpc) is 3.13. The zero-order chi connectivity index (χ0) is 13.0. The highest BCUT2D eigenvalue weighted by Crippen LogP contribution is 2.33. The largest absolute Gasteiger partial charge is 0.371 e. The van der Waals surface area contributed by atoms with Gasteiger partial charge < -0.3 is 10.2 Å². The van der Waals surface area contributed by atoms with Gasteiger partial charge in [0, 0.05) is 29.8 Å². The number of halogens is 1. The Morgan fingerprint density at radius 3 is 2.78 bits per heavy atom. The van der Waals surface area contributed by atoms with Crippen LogP contribution in [-0.4, -0.2) is 20.1 Å². The summed E-state index contributed by atoms with van der Waals surface area (Å²) < 4.78 is 1.17. The van der Waals surface area contributed by atoms with Gasteiger partial charge in [-0.15, -0.1) is 0 Å². The molecule has 1 saturated carbocycles. The van der Waals surface area contributed by atoms with Crippen molar-refractivity contribution in [3.05, 3.63) is 28.2 Å². The lowest BCUT2D eigenvalue weighted by Gasteiger charge is -2.27. The van der Waals surface area contributed by atoms with Crippen LogP contribution in [0.2, 0.25) is 0 Å². The number of nitrogens with one attached hydrogen (secondary N) is 1. The van der Waals surface area contributed by atoms with Gasteiger partial charge in [-0.1, -0.05) is 22.9 Å². The minimum absolute atomic E-state index is 0.930. The number of nitrogens with zero attached hydrogens (tertiary/aromatic N) is 1. The van der Waals surface area contributed by atoms with Crippen molar-refractivity contribution < 1.29 is 0 Å². The first kappa shape index (κ1) is 13.9. The highest BCUT2D eigenvalue weighted by molar-refractivity contribution is 9.10. The maximum Gasteiger partial charge on any atom is 0.0412 e. The molecule has 2 rings (SSSR count). The van der Waals surface area contributed by atoms with Crippen LogP contribution >= 0.6 is 15.9 Å². The summed E-state index contributed by atoms with van der Waals surface area (Å²) in [6.07, 6.45) is 4.04. The molecular formula is C15H23BrN2. The fourth-order valence-corrected chi connectivity index (χ4v) is 2.80. The maximum absolute atomic E-state index is 3.57. The van der Waals surface area contributed by atoms with Crippen LogP contribution in [0.5, 0.6) is 0 Å². The lowest BCUT2D eigenvalue weighted by Crippen LogP contribution is -2.28. The summed E-state index contributed by atoms with van der Waals surface area (Å²) in [7, 11) is 2.01. The van der Waals surface area contributed by atoms with E-state index in [1.807, 2.05) is 7.05 Å². The summed E-state index contributed by atoms with van der Waals surface area (Å²) in [5.41, 5.74) is 2.79. The van der Waals surface area contributed by atoms with Crippen molar-refractivity contribution in [3.63, 3.8) is 0 Å². The molecule has 1 aromatic carbocycles. The fraction of sp³-hybridized carbons (Fsp3) is 0.600. The second-order valence-corrected chi connectivity index (χ2v) is 6.11. The minimum atomic E-state index is 0.930. The quantitative estimate of drug-likeness (QED) is 0.824. The highest BCUT2D eigenvalue weighted by atomic mass is 79.9. The average molecular weight is 311 g/mol. The van der Waals surface area contributed by atoms with Gasteiger partial charge in [0.25, 0.3) is 0 Å². The van der Waals surface area contributed by atoms with E-state index in [-0.39, 0.29) is 0 Å². The first-order valence-electron chi connectivity index (χ1n) is 6.92. The van der Waals surface area contributed by atoms with Gasteiger partial charge >= 0.3 is 0 Å². The molecule has 1 aromatic rings. The Balaban J connectivity index is 2.20. The van der Waals surface area contributed by atoms with Crippen molar-refractivity contribution in [2.75, 3.05) is 25.0 Å². The SMILES string of the molecule is CCCN(CC1CC1)c1ccc(Br)cc1CNC. The third-order valence-electron chi connectivity index (χ3n) is 3.42. The molecule has 0 aromatic heterocycles. The molecular weight excluding hydrogens is 288 g/mol. The first-order valence-corrected chi connectivity index (χ1v) is 7.72. The lowest BCUT2D eigenvalue weighted by atomic mass is 10.1. The lowest BCUT2D eigenvalue weighted by molar-refractivity contribution is 0.699. The van der Waals surface area contributed by atoms with Crippen molar-refractivity contribution in [1.82, 2.24) is 5.32 Å². The van der Waals surface area contributed by atoms with Crippen LogP contribution in [0.25, 0.3) is 0 Å². The van der Waals surface area contributed by atoms with Crippen molar-refractivity contribution >= 4 is 21.6 Å². The fourth-order valence-electron chi connectivity index (χ4n) is 2.39. The molecule has 0 amide bonds. The van der Waals surface area contributed by atoms with E-state index in [2.05, 4.69) is 51.3 Å². The third-order valence-corrected chi connectivity index (χ3v) is 3.91. The standard InChI is InChI=1S/C15H23BrN2/c1-3-8-18(11-12-4-5-12)15-7-6-14(16)9-13(15)10-17-2/h6-7,9,12,17H,3-5,8,10-11H2,1-2H3. The van der Waals surface area contributed by atoms with Gasteiger partial charge in [-0.3, -0.25) is 0 Å². The van der Waals surface area contributed by atoms with E-state index in [0.717, 1.165) is 19.0 Å². The predicted molar refractivity (Wildman–Crippen MR) is 82.1 cm³/mol. The first-order chi connectivity index (χ1) is 8.74. The second kappa shape index (κ2) is 6.58. The van der Waals surface area contributed by atoms with Gasteiger partial charge in [0.15, 0.2) is 0 Å². The van der Waals surface area contributed by atoms with E-state index in [1.165, 1.54) is 41.5 Å². The van der Waals surface area contributed by atoms with Crippen LogP contribution in [0.4, 0.5) is 5.69 Å². The van der Waals surface area contributed by atoms with E-state index in [0.29, 0.717) is 0 Å². The van der Waals surface area contributed by atoms with Gasteiger partial charge in [-0.05, 0) is 56.0 Å². The molecule has 2 nitrogen and oxygen atoms in total. The molecule has 3 heteroatoms. The topological polar surface area (TPSA) is 15.3 Å². The molecule has 18 heavy (non-hydrogen) atoms. The highest BCUT2D eigenvalue weighted by Gasteiger charge is 2.25. The summed E-state index contributed by atoms with van der Waals surface area (Å²) >= 11 is 3.57. The smallest absolute Gasteiger partial charge is 0.0412 e. The third kappa shape index (κ3) is 3.72. The molecule has 0 atom stereocenters. The molecule has 0 bridgehead atoms. The Hall–Kier alpha value is -0.540. The van der Waals surface area contributed by atoms with Crippen molar-refractivity contribution in [3.8, 4) is 0 Å². The van der Waals surface area contributed by atoms with Gasteiger partial charge in [0.05, 0.1) is 0 Å². The molecule has 1 aliphatic carbocycles. The van der Waals surface area contributed by atoms with Crippen LogP contribution in [-0.2, 0) is 6.54 Å². The Bertz CT molecular complexity index is 388. The van der Waals surface area contributed by atoms with Crippen molar-refractivity contribution in [2.45, 2.75) is 32.7 Å². The predicted octanol–water partition coefficient (Wildman–Crippen LogP) is 3.79. The second-order valence-electron chi connectivity index (χ2n) is 5.19. The summed E-state index contributed by atoms with van der Waals surface area (Å²) in [5.74, 6) is 0.933. The summed E-state index contributed by atoms with van der Waals surface area (Å²) in [6.45, 7) is 5.58. The number of rotatable bonds is 7. The Morgan fingerprint density at radius 1 is 1.39 bits per heavy atom. The number of hydrogen-bond acceptors (Lipinski definition) is 2. The molecule has 0 heterocycles. The summed E-state index contributed by atoms with van der Waals surface area (Å²) in [4.78, 5) is 2.57. The van der Waals surface area contributed by atoms with Crippen LogP contribution in [0.15, 0.2) is 22.7 Å². The molecule has 1 fully saturated rings. The monoisotopic (exact) mass is 310 g/mol. The number of benzene rings is 1. The van der Waals surface area contributed by atoms with Crippen LogP contribution < -0.4 is 10.2 Å².